The Balaban J connectivity index is 1.65. The fourth-order valence-electron chi connectivity index (χ4n) is 3.37. The molecule has 2 aliphatic carbocycles. The Hall–Kier alpha value is -1.12. The van der Waals surface area contributed by atoms with Gasteiger partial charge in [0.25, 0.3) is 0 Å². The first-order chi connectivity index (χ1) is 7.81. The molecule has 0 amide bonds. The van der Waals surface area contributed by atoms with Gasteiger partial charge in [0.15, 0.2) is 0 Å². The Bertz CT molecular complexity index is 400. The standard InChI is InChI=1S/C13H18N2O/c1-2-15-7-6-14-12(15)8-11(16)13-9-4-3-5-10(9)13/h6-7,9-10,13H,2-5,8H2,1H3. The average molecular weight is 218 g/mol. The summed E-state index contributed by atoms with van der Waals surface area (Å²) >= 11 is 0. The zero-order chi connectivity index (χ0) is 11.1. The zero-order valence-corrected chi connectivity index (χ0v) is 9.72. The minimum Gasteiger partial charge on any atom is -0.335 e. The molecule has 2 atom stereocenters. The van der Waals surface area contributed by atoms with E-state index in [0.29, 0.717) is 18.1 Å². The van der Waals surface area contributed by atoms with E-state index in [9.17, 15) is 4.79 Å². The van der Waals surface area contributed by atoms with Gasteiger partial charge in [0.1, 0.15) is 11.6 Å². The van der Waals surface area contributed by atoms with Crippen molar-refractivity contribution >= 4 is 5.78 Å². The van der Waals surface area contributed by atoms with Gasteiger partial charge in [-0.2, -0.15) is 0 Å². The molecule has 3 rings (SSSR count). The van der Waals surface area contributed by atoms with E-state index in [1.807, 2.05) is 6.20 Å². The molecule has 3 heteroatoms. The third-order valence-electron chi connectivity index (χ3n) is 4.25. The lowest BCUT2D eigenvalue weighted by atomic mass is 10.1. The molecule has 0 aliphatic heterocycles. The first-order valence-electron chi connectivity index (χ1n) is 6.34. The zero-order valence-electron chi connectivity index (χ0n) is 9.72. The molecule has 2 fully saturated rings. The largest absolute Gasteiger partial charge is 0.335 e. The van der Waals surface area contributed by atoms with Crippen LogP contribution in [0.1, 0.15) is 32.0 Å². The third-order valence-corrected chi connectivity index (χ3v) is 4.25. The second-order valence-electron chi connectivity index (χ2n) is 5.06. The molecule has 1 aromatic heterocycles. The Morgan fingerprint density at radius 2 is 2.25 bits per heavy atom. The quantitative estimate of drug-likeness (QED) is 0.775. The first kappa shape index (κ1) is 10.1. The highest BCUT2D eigenvalue weighted by molar-refractivity contribution is 5.86. The van der Waals surface area contributed by atoms with Gasteiger partial charge in [0, 0.05) is 24.9 Å². The number of Topliss-reactive ketones (excluding diaryl/α,β-unsaturated/α-hetero) is 1. The number of ketones is 1. The first-order valence-corrected chi connectivity index (χ1v) is 6.34. The van der Waals surface area contributed by atoms with Crippen LogP contribution in [-0.4, -0.2) is 15.3 Å². The van der Waals surface area contributed by atoms with Crippen molar-refractivity contribution in [3.63, 3.8) is 0 Å². The van der Waals surface area contributed by atoms with Crippen LogP contribution in [0.3, 0.4) is 0 Å². The van der Waals surface area contributed by atoms with E-state index < -0.39 is 0 Å². The molecular weight excluding hydrogens is 200 g/mol. The molecule has 3 nitrogen and oxygen atoms in total. The van der Waals surface area contributed by atoms with Crippen LogP contribution >= 0.6 is 0 Å². The number of nitrogens with zero attached hydrogens (tertiary/aromatic N) is 2. The number of hydrogen-bond donors (Lipinski definition) is 0. The monoisotopic (exact) mass is 218 g/mol. The number of aromatic nitrogens is 2. The van der Waals surface area contributed by atoms with E-state index in [0.717, 1.165) is 24.2 Å². The van der Waals surface area contributed by atoms with Gasteiger partial charge in [-0.15, -0.1) is 0 Å². The van der Waals surface area contributed by atoms with Gasteiger partial charge in [-0.05, 0) is 31.6 Å². The molecule has 2 unspecified atom stereocenters. The number of rotatable bonds is 4. The maximum absolute atomic E-state index is 12.1. The predicted octanol–water partition coefficient (Wildman–Crippen LogP) is 2.06. The van der Waals surface area contributed by atoms with Crippen molar-refractivity contribution in [1.29, 1.82) is 0 Å². The van der Waals surface area contributed by atoms with E-state index in [4.69, 9.17) is 0 Å². The molecule has 86 valence electrons. The number of hydrogen-bond acceptors (Lipinski definition) is 2. The molecule has 0 bridgehead atoms. The van der Waals surface area contributed by atoms with Crippen LogP contribution in [-0.2, 0) is 17.8 Å². The van der Waals surface area contributed by atoms with E-state index in [1.54, 1.807) is 6.20 Å². The minimum absolute atomic E-state index is 0.385. The van der Waals surface area contributed by atoms with Gasteiger partial charge in [-0.25, -0.2) is 4.98 Å². The van der Waals surface area contributed by atoms with Crippen LogP contribution < -0.4 is 0 Å². The van der Waals surface area contributed by atoms with Crippen molar-refractivity contribution in [2.45, 2.75) is 39.2 Å². The lowest BCUT2D eigenvalue weighted by Gasteiger charge is -2.05. The summed E-state index contributed by atoms with van der Waals surface area (Å²) in [5, 5.41) is 0. The molecule has 1 heterocycles. The fraction of sp³-hybridized carbons (Fsp3) is 0.692. The molecule has 0 N–H and O–H groups in total. The highest BCUT2D eigenvalue weighted by Gasteiger charge is 2.55. The Morgan fingerprint density at radius 1 is 1.50 bits per heavy atom. The summed E-state index contributed by atoms with van der Waals surface area (Å²) in [5.74, 6) is 3.22. The van der Waals surface area contributed by atoms with Crippen molar-refractivity contribution in [2.24, 2.45) is 17.8 Å². The van der Waals surface area contributed by atoms with Crippen LogP contribution in [0.4, 0.5) is 0 Å². The van der Waals surface area contributed by atoms with Gasteiger partial charge in [-0.1, -0.05) is 6.42 Å². The van der Waals surface area contributed by atoms with Crippen molar-refractivity contribution in [3.05, 3.63) is 18.2 Å². The van der Waals surface area contributed by atoms with Gasteiger partial charge in [0.2, 0.25) is 0 Å². The Kier molecular flexibility index (Phi) is 2.34. The highest BCUT2D eigenvalue weighted by atomic mass is 16.1. The SMILES string of the molecule is CCn1ccnc1CC(=O)C1C2CCCC21. The summed E-state index contributed by atoms with van der Waals surface area (Å²) in [6, 6.07) is 0. The molecule has 0 saturated heterocycles. The number of fused-ring (bicyclic) bond motifs is 1. The number of carbonyl (C=O) groups is 1. The second kappa shape index (κ2) is 3.72. The molecule has 2 saturated carbocycles. The Labute approximate surface area is 95.9 Å². The van der Waals surface area contributed by atoms with E-state index in [-0.39, 0.29) is 0 Å². The maximum Gasteiger partial charge on any atom is 0.144 e. The van der Waals surface area contributed by atoms with Crippen molar-refractivity contribution in [2.75, 3.05) is 0 Å². The maximum atomic E-state index is 12.1. The van der Waals surface area contributed by atoms with Crippen molar-refractivity contribution < 1.29 is 4.79 Å². The lowest BCUT2D eigenvalue weighted by Crippen LogP contribution is -2.13. The summed E-state index contributed by atoms with van der Waals surface area (Å²) in [7, 11) is 0. The van der Waals surface area contributed by atoms with Gasteiger partial charge in [0.05, 0.1) is 6.42 Å². The smallest absolute Gasteiger partial charge is 0.144 e. The third kappa shape index (κ3) is 1.49. The molecular formula is C13H18N2O. The number of carbonyl (C=O) groups excluding carboxylic acids is 1. The summed E-state index contributed by atoms with van der Waals surface area (Å²) in [5.41, 5.74) is 0. The predicted molar refractivity (Wildman–Crippen MR) is 60.9 cm³/mol. The van der Waals surface area contributed by atoms with Crippen LogP contribution in [0.5, 0.6) is 0 Å². The van der Waals surface area contributed by atoms with Crippen LogP contribution in [0.15, 0.2) is 12.4 Å². The summed E-state index contributed by atoms with van der Waals surface area (Å²) in [4.78, 5) is 16.4. The lowest BCUT2D eigenvalue weighted by molar-refractivity contribution is -0.120. The van der Waals surface area contributed by atoms with Crippen molar-refractivity contribution in [3.8, 4) is 0 Å². The topological polar surface area (TPSA) is 34.9 Å². The average Bonchev–Trinajstić information content (AvgIpc) is 2.71. The van der Waals surface area contributed by atoms with Crippen LogP contribution in [0, 0.1) is 17.8 Å². The minimum atomic E-state index is 0.385. The molecule has 0 aromatic carbocycles. The van der Waals surface area contributed by atoms with E-state index in [2.05, 4.69) is 16.5 Å². The second-order valence-corrected chi connectivity index (χ2v) is 5.06. The molecule has 1 aromatic rings. The summed E-state index contributed by atoms with van der Waals surface area (Å²) in [6.45, 7) is 2.99. The summed E-state index contributed by atoms with van der Waals surface area (Å²) < 4.78 is 2.07. The van der Waals surface area contributed by atoms with E-state index in [1.165, 1.54) is 19.3 Å². The highest BCUT2D eigenvalue weighted by Crippen LogP contribution is 2.58. The van der Waals surface area contributed by atoms with Crippen LogP contribution in [0.2, 0.25) is 0 Å². The van der Waals surface area contributed by atoms with Gasteiger partial charge >= 0.3 is 0 Å². The van der Waals surface area contributed by atoms with E-state index >= 15 is 0 Å². The van der Waals surface area contributed by atoms with Crippen molar-refractivity contribution in [1.82, 2.24) is 9.55 Å². The summed E-state index contributed by atoms with van der Waals surface area (Å²) in [6.07, 6.45) is 8.18. The molecule has 0 spiro atoms. The fourth-order valence-corrected chi connectivity index (χ4v) is 3.37. The Morgan fingerprint density at radius 3 is 2.94 bits per heavy atom. The number of imidazole rings is 1. The molecule has 16 heavy (non-hydrogen) atoms. The normalized spacial score (nSPS) is 31.4. The molecule has 2 aliphatic rings. The number of aryl methyl sites for hydroxylation is 1. The van der Waals surface area contributed by atoms with Crippen LogP contribution in [0.25, 0.3) is 0 Å². The van der Waals surface area contributed by atoms with Gasteiger partial charge < -0.3 is 4.57 Å². The molecule has 0 radical (unpaired) electrons. The van der Waals surface area contributed by atoms with Gasteiger partial charge in [-0.3, -0.25) is 4.79 Å².